The van der Waals surface area contributed by atoms with Crippen molar-refractivity contribution >= 4 is 23.4 Å². The summed E-state index contributed by atoms with van der Waals surface area (Å²) < 4.78 is 18.3. The Labute approximate surface area is 104 Å². The van der Waals surface area contributed by atoms with Crippen molar-refractivity contribution < 1.29 is 9.13 Å². The normalized spacial score (nSPS) is 24.7. The fourth-order valence-electron chi connectivity index (χ4n) is 1.90. The van der Waals surface area contributed by atoms with Gasteiger partial charge in [0.1, 0.15) is 0 Å². The minimum atomic E-state index is -0.295. The van der Waals surface area contributed by atoms with Crippen LogP contribution in [0.2, 0.25) is 0 Å². The molecule has 1 aliphatic heterocycles. The van der Waals surface area contributed by atoms with E-state index in [0.717, 1.165) is 23.5 Å². The summed E-state index contributed by atoms with van der Waals surface area (Å²) in [5.41, 5.74) is 0.997. The fraction of sp³-hybridized carbons (Fsp3) is 0.500. The van der Waals surface area contributed by atoms with Gasteiger partial charge in [-0.1, -0.05) is 6.07 Å². The van der Waals surface area contributed by atoms with E-state index in [1.165, 1.54) is 7.11 Å². The number of hydrogen-bond donors (Lipinski definition) is 0. The van der Waals surface area contributed by atoms with Crippen molar-refractivity contribution in [1.29, 1.82) is 0 Å². The van der Waals surface area contributed by atoms with Crippen LogP contribution in [0.25, 0.3) is 0 Å². The van der Waals surface area contributed by atoms with E-state index in [0.29, 0.717) is 11.7 Å². The predicted molar refractivity (Wildman–Crippen MR) is 67.1 cm³/mol. The zero-order chi connectivity index (χ0) is 11.5. The number of halogens is 2. The topological polar surface area (TPSA) is 9.23 Å². The zero-order valence-electron chi connectivity index (χ0n) is 9.08. The maximum atomic E-state index is 13.5. The molecule has 0 amide bonds. The summed E-state index contributed by atoms with van der Waals surface area (Å²) in [7, 11) is 1.47. The van der Waals surface area contributed by atoms with Gasteiger partial charge in [-0.3, -0.25) is 0 Å². The summed E-state index contributed by atoms with van der Waals surface area (Å²) in [6, 6.07) is 5.13. The zero-order valence-corrected chi connectivity index (χ0v) is 10.7. The molecule has 0 saturated carbocycles. The molecule has 1 aliphatic rings. The van der Waals surface area contributed by atoms with Crippen LogP contribution in [0.5, 0.6) is 5.75 Å². The first-order valence-corrected chi connectivity index (χ1v) is 6.84. The van der Waals surface area contributed by atoms with Gasteiger partial charge in [0.2, 0.25) is 0 Å². The van der Waals surface area contributed by atoms with Crippen molar-refractivity contribution in [2.24, 2.45) is 5.92 Å². The maximum Gasteiger partial charge on any atom is 0.165 e. The van der Waals surface area contributed by atoms with Crippen molar-refractivity contribution in [2.45, 2.75) is 11.8 Å². The second-order valence-electron chi connectivity index (χ2n) is 3.99. The van der Waals surface area contributed by atoms with Gasteiger partial charge >= 0.3 is 0 Å². The van der Waals surface area contributed by atoms with E-state index in [1.54, 1.807) is 12.1 Å². The minimum Gasteiger partial charge on any atom is -0.494 e. The second-order valence-corrected chi connectivity index (χ2v) is 5.62. The van der Waals surface area contributed by atoms with Crippen LogP contribution >= 0.6 is 23.4 Å². The van der Waals surface area contributed by atoms with Crippen LogP contribution in [0.15, 0.2) is 18.2 Å². The molecular weight excluding hydrogens is 247 g/mol. The average molecular weight is 261 g/mol. The molecule has 1 saturated heterocycles. The molecule has 1 aromatic rings. The van der Waals surface area contributed by atoms with E-state index >= 15 is 0 Å². The lowest BCUT2D eigenvalue weighted by molar-refractivity contribution is 0.386. The molecule has 88 valence electrons. The van der Waals surface area contributed by atoms with E-state index in [9.17, 15) is 4.39 Å². The summed E-state index contributed by atoms with van der Waals surface area (Å²) >= 11 is 8.06. The van der Waals surface area contributed by atoms with Crippen LogP contribution in [0.3, 0.4) is 0 Å². The lowest BCUT2D eigenvalue weighted by atomic mass is 9.98. The van der Waals surface area contributed by atoms with Gasteiger partial charge in [-0.2, -0.15) is 11.8 Å². The fourth-order valence-corrected chi connectivity index (χ4v) is 3.74. The van der Waals surface area contributed by atoms with Crippen molar-refractivity contribution in [3.8, 4) is 5.75 Å². The summed E-state index contributed by atoms with van der Waals surface area (Å²) in [6.07, 6.45) is 0.849. The van der Waals surface area contributed by atoms with E-state index < -0.39 is 0 Å². The number of ether oxygens (including phenoxy) is 1. The summed E-state index contributed by atoms with van der Waals surface area (Å²) in [5, 5.41) is 0.218. The van der Waals surface area contributed by atoms with Crippen LogP contribution < -0.4 is 4.74 Å². The Morgan fingerprint density at radius 1 is 1.50 bits per heavy atom. The van der Waals surface area contributed by atoms with Gasteiger partial charge in [0.25, 0.3) is 0 Å². The molecule has 0 aliphatic carbocycles. The molecule has 2 rings (SSSR count). The minimum absolute atomic E-state index is 0.218. The Morgan fingerprint density at radius 3 is 2.88 bits per heavy atom. The Hall–Kier alpha value is -0.410. The third-order valence-corrected chi connectivity index (χ3v) is 4.79. The third-order valence-electron chi connectivity index (χ3n) is 2.83. The van der Waals surface area contributed by atoms with Crippen LogP contribution in [0.4, 0.5) is 4.39 Å². The first-order valence-electron chi connectivity index (χ1n) is 5.25. The summed E-state index contributed by atoms with van der Waals surface area (Å²) in [6.45, 7) is 0. The SMILES string of the molecule is COc1ccc(CC2CSCC2Cl)cc1F. The highest BCUT2D eigenvalue weighted by Gasteiger charge is 2.26. The van der Waals surface area contributed by atoms with Crippen LogP contribution in [0.1, 0.15) is 5.56 Å². The number of thioether (sulfide) groups is 1. The average Bonchev–Trinajstić information content (AvgIpc) is 2.65. The molecule has 0 bridgehead atoms. The predicted octanol–water partition coefficient (Wildman–Crippen LogP) is 3.35. The van der Waals surface area contributed by atoms with Gasteiger partial charge in [0.15, 0.2) is 11.6 Å². The van der Waals surface area contributed by atoms with Gasteiger partial charge in [-0.05, 0) is 35.8 Å². The molecule has 2 atom stereocenters. The molecule has 2 unspecified atom stereocenters. The summed E-state index contributed by atoms with van der Waals surface area (Å²) in [4.78, 5) is 0. The van der Waals surface area contributed by atoms with Crippen LogP contribution in [0, 0.1) is 11.7 Å². The smallest absolute Gasteiger partial charge is 0.165 e. The standard InChI is InChI=1S/C12H14ClFOS/c1-15-12-3-2-8(5-11(12)14)4-9-6-16-7-10(9)13/h2-3,5,9-10H,4,6-7H2,1H3. The molecule has 1 fully saturated rings. The molecule has 0 spiro atoms. The van der Waals surface area contributed by atoms with Crippen molar-refractivity contribution in [1.82, 2.24) is 0 Å². The molecule has 1 aromatic carbocycles. The molecule has 1 nitrogen and oxygen atoms in total. The lowest BCUT2D eigenvalue weighted by Crippen LogP contribution is -2.14. The van der Waals surface area contributed by atoms with Gasteiger partial charge < -0.3 is 4.74 Å². The number of methoxy groups -OCH3 is 1. The Bertz CT molecular complexity index is 372. The van der Waals surface area contributed by atoms with Gasteiger partial charge in [0.05, 0.1) is 7.11 Å². The molecule has 0 N–H and O–H groups in total. The van der Waals surface area contributed by atoms with Crippen molar-refractivity contribution in [3.05, 3.63) is 29.6 Å². The highest BCUT2D eigenvalue weighted by molar-refractivity contribution is 7.99. The van der Waals surface area contributed by atoms with Gasteiger partial charge in [0, 0.05) is 11.1 Å². The van der Waals surface area contributed by atoms with Crippen LogP contribution in [-0.2, 0) is 6.42 Å². The molecule has 1 heterocycles. The highest BCUT2D eigenvalue weighted by Crippen LogP contribution is 2.31. The maximum absolute atomic E-state index is 13.5. The first-order chi connectivity index (χ1) is 7.70. The lowest BCUT2D eigenvalue weighted by Gasteiger charge is -2.13. The third kappa shape index (κ3) is 2.64. The Morgan fingerprint density at radius 2 is 2.31 bits per heavy atom. The number of hydrogen-bond acceptors (Lipinski definition) is 2. The monoisotopic (exact) mass is 260 g/mol. The second kappa shape index (κ2) is 5.28. The Kier molecular flexibility index (Phi) is 3.98. The Balaban J connectivity index is 2.07. The molecule has 16 heavy (non-hydrogen) atoms. The number of alkyl halides is 1. The van der Waals surface area contributed by atoms with E-state index in [4.69, 9.17) is 16.3 Å². The quantitative estimate of drug-likeness (QED) is 0.771. The number of rotatable bonds is 3. The number of benzene rings is 1. The molecular formula is C12H14ClFOS. The highest BCUT2D eigenvalue weighted by atomic mass is 35.5. The van der Waals surface area contributed by atoms with E-state index in [2.05, 4.69) is 0 Å². The van der Waals surface area contributed by atoms with E-state index in [-0.39, 0.29) is 11.2 Å². The first kappa shape index (κ1) is 12.1. The van der Waals surface area contributed by atoms with E-state index in [1.807, 2.05) is 17.8 Å². The summed E-state index contributed by atoms with van der Waals surface area (Å²) in [5.74, 6) is 2.54. The molecule has 0 radical (unpaired) electrons. The van der Waals surface area contributed by atoms with Crippen LogP contribution in [-0.4, -0.2) is 24.0 Å². The van der Waals surface area contributed by atoms with Crippen molar-refractivity contribution in [2.75, 3.05) is 18.6 Å². The van der Waals surface area contributed by atoms with Gasteiger partial charge in [-0.15, -0.1) is 11.6 Å². The molecule has 4 heteroatoms. The van der Waals surface area contributed by atoms with Crippen molar-refractivity contribution in [3.63, 3.8) is 0 Å². The largest absolute Gasteiger partial charge is 0.494 e. The molecule has 0 aromatic heterocycles. The van der Waals surface area contributed by atoms with Gasteiger partial charge in [-0.25, -0.2) is 4.39 Å².